The standard InChI is InChI=1S/C17H24N4O2/c1-21(10-9-13-6-4-5-11-23-13)12-16(22)20-17-18-14-7-2-3-8-15(14)19-17/h2-3,7-8,13H,4-6,9-12H2,1H3,(H2,18,19,20,22)/t13-/m0/s1. The number of aromatic amines is 1. The van der Waals surface area contributed by atoms with Crippen LogP contribution in [0.2, 0.25) is 0 Å². The van der Waals surface area contributed by atoms with Gasteiger partial charge in [-0.1, -0.05) is 12.1 Å². The number of hydrogen-bond acceptors (Lipinski definition) is 4. The molecule has 1 aliphatic heterocycles. The summed E-state index contributed by atoms with van der Waals surface area (Å²) in [5, 5.41) is 2.82. The van der Waals surface area contributed by atoms with Gasteiger partial charge in [-0.15, -0.1) is 0 Å². The van der Waals surface area contributed by atoms with Crippen molar-refractivity contribution in [3.05, 3.63) is 24.3 Å². The summed E-state index contributed by atoms with van der Waals surface area (Å²) in [7, 11) is 1.96. The van der Waals surface area contributed by atoms with Crippen LogP contribution < -0.4 is 5.32 Å². The average Bonchev–Trinajstić information content (AvgIpc) is 2.96. The molecule has 1 amide bonds. The fourth-order valence-corrected chi connectivity index (χ4v) is 2.91. The largest absolute Gasteiger partial charge is 0.378 e. The Hall–Kier alpha value is -1.92. The second-order valence-corrected chi connectivity index (χ2v) is 6.17. The predicted molar refractivity (Wildman–Crippen MR) is 90.4 cm³/mol. The van der Waals surface area contributed by atoms with Crippen LogP contribution in [0.4, 0.5) is 5.95 Å². The highest BCUT2D eigenvalue weighted by Gasteiger charge is 2.15. The van der Waals surface area contributed by atoms with Crippen LogP contribution in [0.5, 0.6) is 0 Å². The van der Waals surface area contributed by atoms with Gasteiger partial charge in [0.25, 0.3) is 0 Å². The number of H-pyrrole nitrogens is 1. The number of rotatable bonds is 6. The van der Waals surface area contributed by atoms with Gasteiger partial charge >= 0.3 is 0 Å². The lowest BCUT2D eigenvalue weighted by Gasteiger charge is -2.24. The molecule has 1 aromatic carbocycles. The van der Waals surface area contributed by atoms with E-state index in [9.17, 15) is 4.79 Å². The Morgan fingerprint density at radius 1 is 1.43 bits per heavy atom. The molecule has 1 atom stereocenters. The van der Waals surface area contributed by atoms with E-state index < -0.39 is 0 Å². The molecular weight excluding hydrogens is 292 g/mol. The molecule has 0 spiro atoms. The summed E-state index contributed by atoms with van der Waals surface area (Å²) < 4.78 is 5.72. The van der Waals surface area contributed by atoms with Gasteiger partial charge in [0.15, 0.2) is 0 Å². The lowest BCUT2D eigenvalue weighted by atomic mass is 10.1. The number of amides is 1. The van der Waals surface area contributed by atoms with Gasteiger partial charge in [-0.2, -0.15) is 0 Å². The van der Waals surface area contributed by atoms with E-state index in [1.54, 1.807) is 0 Å². The molecule has 2 heterocycles. The topological polar surface area (TPSA) is 70.2 Å². The van der Waals surface area contributed by atoms with Crippen molar-refractivity contribution in [1.29, 1.82) is 0 Å². The summed E-state index contributed by atoms with van der Waals surface area (Å²) in [6.07, 6.45) is 4.89. The number of ether oxygens (including phenoxy) is 1. The number of nitrogens with one attached hydrogen (secondary N) is 2. The van der Waals surface area contributed by atoms with Crippen LogP contribution in [0.3, 0.4) is 0 Å². The van der Waals surface area contributed by atoms with Gasteiger partial charge in [0.2, 0.25) is 11.9 Å². The summed E-state index contributed by atoms with van der Waals surface area (Å²) in [6, 6.07) is 7.72. The van der Waals surface area contributed by atoms with E-state index in [0.717, 1.165) is 37.0 Å². The molecule has 0 aliphatic carbocycles. The van der Waals surface area contributed by atoms with Crippen LogP contribution >= 0.6 is 0 Å². The Labute approximate surface area is 136 Å². The lowest BCUT2D eigenvalue weighted by Crippen LogP contribution is -2.33. The first-order valence-electron chi connectivity index (χ1n) is 8.25. The average molecular weight is 316 g/mol. The number of carbonyl (C=O) groups excluding carboxylic acids is 1. The molecule has 0 bridgehead atoms. The molecule has 1 aromatic heterocycles. The van der Waals surface area contributed by atoms with Gasteiger partial charge in [-0.3, -0.25) is 15.0 Å². The number of nitrogens with zero attached hydrogens (tertiary/aromatic N) is 2. The van der Waals surface area contributed by atoms with Gasteiger partial charge in [0.1, 0.15) is 0 Å². The van der Waals surface area contributed by atoms with Crippen LogP contribution in [-0.4, -0.2) is 53.6 Å². The summed E-state index contributed by atoms with van der Waals surface area (Å²) in [4.78, 5) is 21.6. The molecule has 1 saturated heterocycles. The first-order chi connectivity index (χ1) is 11.2. The zero-order valence-electron chi connectivity index (χ0n) is 13.5. The van der Waals surface area contributed by atoms with E-state index in [2.05, 4.69) is 15.3 Å². The molecule has 2 N–H and O–H groups in total. The number of aromatic nitrogens is 2. The fourth-order valence-electron chi connectivity index (χ4n) is 2.91. The Kier molecular flexibility index (Phi) is 5.25. The first-order valence-corrected chi connectivity index (χ1v) is 8.25. The second kappa shape index (κ2) is 7.57. The van der Waals surface area contributed by atoms with E-state index in [-0.39, 0.29) is 5.91 Å². The van der Waals surface area contributed by atoms with E-state index in [1.165, 1.54) is 12.8 Å². The number of carbonyl (C=O) groups is 1. The number of hydrogen-bond donors (Lipinski definition) is 2. The molecule has 2 aromatic rings. The number of benzene rings is 1. The molecule has 1 aliphatic rings. The zero-order chi connectivity index (χ0) is 16.1. The van der Waals surface area contributed by atoms with Crippen molar-refractivity contribution >= 4 is 22.9 Å². The molecule has 3 rings (SSSR count). The summed E-state index contributed by atoms with van der Waals surface area (Å²) in [5.74, 6) is 0.441. The molecule has 1 fully saturated rings. The number of likely N-dealkylation sites (N-methyl/N-ethyl adjacent to an activating group) is 1. The third-order valence-corrected chi connectivity index (χ3v) is 4.17. The Morgan fingerprint density at radius 3 is 3.09 bits per heavy atom. The normalized spacial score (nSPS) is 18.4. The molecule has 0 saturated carbocycles. The summed E-state index contributed by atoms with van der Waals surface area (Å²) >= 11 is 0. The highest BCUT2D eigenvalue weighted by atomic mass is 16.5. The predicted octanol–water partition coefficient (Wildman–Crippen LogP) is 2.39. The number of para-hydroxylation sites is 2. The second-order valence-electron chi connectivity index (χ2n) is 6.17. The fraction of sp³-hybridized carbons (Fsp3) is 0.529. The minimum absolute atomic E-state index is 0.0591. The van der Waals surface area contributed by atoms with Crippen LogP contribution in [0, 0.1) is 0 Å². The Morgan fingerprint density at radius 2 is 2.30 bits per heavy atom. The smallest absolute Gasteiger partial charge is 0.240 e. The molecule has 23 heavy (non-hydrogen) atoms. The molecule has 0 radical (unpaired) electrons. The molecule has 124 valence electrons. The number of anilines is 1. The molecule has 6 heteroatoms. The van der Waals surface area contributed by atoms with E-state index >= 15 is 0 Å². The monoisotopic (exact) mass is 316 g/mol. The highest BCUT2D eigenvalue weighted by molar-refractivity contribution is 5.92. The Bertz CT molecular complexity index is 616. The van der Waals surface area contributed by atoms with Gasteiger partial charge < -0.3 is 9.72 Å². The Balaban J connectivity index is 1.44. The van der Waals surface area contributed by atoms with Gasteiger partial charge in [0, 0.05) is 13.2 Å². The number of imidazole rings is 1. The lowest BCUT2D eigenvalue weighted by molar-refractivity contribution is -0.117. The summed E-state index contributed by atoms with van der Waals surface area (Å²) in [6.45, 7) is 2.09. The van der Waals surface area contributed by atoms with Crippen molar-refractivity contribution in [2.45, 2.75) is 31.8 Å². The van der Waals surface area contributed by atoms with Crippen LogP contribution in [0.1, 0.15) is 25.7 Å². The third-order valence-electron chi connectivity index (χ3n) is 4.17. The molecule has 6 nitrogen and oxygen atoms in total. The van der Waals surface area contributed by atoms with Crippen molar-refractivity contribution in [2.75, 3.05) is 32.1 Å². The van der Waals surface area contributed by atoms with Crippen molar-refractivity contribution in [1.82, 2.24) is 14.9 Å². The third kappa shape index (κ3) is 4.53. The van der Waals surface area contributed by atoms with Crippen molar-refractivity contribution in [3.8, 4) is 0 Å². The van der Waals surface area contributed by atoms with Crippen LogP contribution in [0.15, 0.2) is 24.3 Å². The zero-order valence-corrected chi connectivity index (χ0v) is 13.5. The van der Waals surface area contributed by atoms with Gasteiger partial charge in [0.05, 0.1) is 23.7 Å². The number of fused-ring (bicyclic) bond motifs is 1. The summed E-state index contributed by atoms with van der Waals surface area (Å²) in [5.41, 5.74) is 1.77. The van der Waals surface area contributed by atoms with E-state index in [0.29, 0.717) is 18.6 Å². The first kappa shape index (κ1) is 16.0. The highest BCUT2D eigenvalue weighted by Crippen LogP contribution is 2.16. The van der Waals surface area contributed by atoms with Crippen molar-refractivity contribution in [2.24, 2.45) is 0 Å². The SMILES string of the molecule is CN(CC[C@@H]1CCCCO1)CC(=O)Nc1nc2ccccc2[nH]1. The quantitative estimate of drug-likeness (QED) is 0.858. The van der Waals surface area contributed by atoms with Crippen molar-refractivity contribution < 1.29 is 9.53 Å². The van der Waals surface area contributed by atoms with E-state index in [1.807, 2.05) is 36.2 Å². The maximum absolute atomic E-state index is 12.1. The molecule has 0 unspecified atom stereocenters. The van der Waals surface area contributed by atoms with Crippen LogP contribution in [0.25, 0.3) is 11.0 Å². The maximum atomic E-state index is 12.1. The van der Waals surface area contributed by atoms with Crippen LogP contribution in [-0.2, 0) is 9.53 Å². The van der Waals surface area contributed by atoms with Crippen molar-refractivity contribution in [3.63, 3.8) is 0 Å². The van der Waals surface area contributed by atoms with Gasteiger partial charge in [-0.05, 0) is 44.9 Å². The minimum Gasteiger partial charge on any atom is -0.378 e. The molecular formula is C17H24N4O2. The maximum Gasteiger partial charge on any atom is 0.240 e. The minimum atomic E-state index is -0.0591. The van der Waals surface area contributed by atoms with Gasteiger partial charge in [-0.25, -0.2) is 4.98 Å². The van der Waals surface area contributed by atoms with E-state index in [4.69, 9.17) is 4.74 Å².